The number of ether oxygens (including phenoxy) is 1. The van der Waals surface area contributed by atoms with Gasteiger partial charge in [-0.15, -0.1) is 0 Å². The number of halogens is 2. The van der Waals surface area contributed by atoms with Gasteiger partial charge < -0.3 is 15.0 Å². The molecule has 0 aromatic heterocycles. The van der Waals surface area contributed by atoms with Crippen molar-refractivity contribution in [3.63, 3.8) is 0 Å². The van der Waals surface area contributed by atoms with Gasteiger partial charge in [0, 0.05) is 23.7 Å². The van der Waals surface area contributed by atoms with Gasteiger partial charge in [0.05, 0.1) is 16.6 Å². The van der Waals surface area contributed by atoms with E-state index in [1.807, 2.05) is 32.0 Å². The van der Waals surface area contributed by atoms with Gasteiger partial charge >= 0.3 is 5.97 Å². The maximum atomic E-state index is 12.3. The summed E-state index contributed by atoms with van der Waals surface area (Å²) in [5, 5.41) is 3.28. The molecule has 29 heavy (non-hydrogen) atoms. The number of anilines is 2. The minimum absolute atomic E-state index is 0.0520. The normalized spacial score (nSPS) is 16.1. The molecule has 0 aliphatic carbocycles. The zero-order chi connectivity index (χ0) is 21.1. The molecular formula is C21H20Cl2N2O4. The number of nitrogens with one attached hydrogen (secondary N) is 1. The van der Waals surface area contributed by atoms with Crippen molar-refractivity contribution in [1.82, 2.24) is 0 Å². The zero-order valence-corrected chi connectivity index (χ0v) is 17.5. The molecule has 0 saturated carbocycles. The fraction of sp³-hybridized carbons (Fsp3) is 0.286. The Morgan fingerprint density at radius 3 is 2.59 bits per heavy atom. The van der Waals surface area contributed by atoms with Crippen LogP contribution in [0.15, 0.2) is 36.4 Å². The second-order valence-corrected chi connectivity index (χ2v) is 7.80. The van der Waals surface area contributed by atoms with Gasteiger partial charge in [0.15, 0.2) is 6.61 Å². The Kier molecular flexibility index (Phi) is 6.45. The van der Waals surface area contributed by atoms with Crippen molar-refractivity contribution in [3.8, 4) is 0 Å². The van der Waals surface area contributed by atoms with Gasteiger partial charge in [-0.3, -0.25) is 14.4 Å². The zero-order valence-electron chi connectivity index (χ0n) is 16.0. The van der Waals surface area contributed by atoms with Gasteiger partial charge in [0.1, 0.15) is 0 Å². The van der Waals surface area contributed by atoms with Gasteiger partial charge in [-0.25, -0.2) is 0 Å². The number of aryl methyl sites for hydroxylation is 2. The number of rotatable bonds is 5. The van der Waals surface area contributed by atoms with E-state index in [4.69, 9.17) is 27.9 Å². The summed E-state index contributed by atoms with van der Waals surface area (Å²) >= 11 is 11.8. The van der Waals surface area contributed by atoms with Crippen LogP contribution in [0, 0.1) is 19.8 Å². The van der Waals surface area contributed by atoms with Crippen LogP contribution in [-0.2, 0) is 19.1 Å². The Morgan fingerprint density at radius 2 is 1.90 bits per heavy atom. The monoisotopic (exact) mass is 434 g/mol. The molecule has 0 bridgehead atoms. The molecule has 2 amide bonds. The molecule has 1 aliphatic heterocycles. The third kappa shape index (κ3) is 5.08. The number of esters is 1. The third-order valence-electron chi connectivity index (χ3n) is 4.81. The lowest BCUT2D eigenvalue weighted by atomic mass is 10.1. The van der Waals surface area contributed by atoms with Crippen LogP contribution in [-0.4, -0.2) is 30.9 Å². The van der Waals surface area contributed by atoms with E-state index in [9.17, 15) is 14.4 Å². The minimum atomic E-state index is -0.615. The lowest BCUT2D eigenvalue weighted by Crippen LogP contribution is -2.28. The molecule has 6 nitrogen and oxygen atoms in total. The van der Waals surface area contributed by atoms with Crippen molar-refractivity contribution >= 4 is 52.4 Å². The molecule has 1 fully saturated rings. The highest BCUT2D eigenvalue weighted by atomic mass is 35.5. The average Bonchev–Trinajstić information content (AvgIpc) is 3.06. The van der Waals surface area contributed by atoms with Crippen LogP contribution in [0.3, 0.4) is 0 Å². The largest absolute Gasteiger partial charge is 0.455 e. The smallest absolute Gasteiger partial charge is 0.311 e. The molecule has 0 unspecified atom stereocenters. The maximum Gasteiger partial charge on any atom is 0.311 e. The summed E-state index contributed by atoms with van der Waals surface area (Å²) in [6.07, 6.45) is 0.0520. The van der Waals surface area contributed by atoms with E-state index in [-0.39, 0.29) is 23.9 Å². The van der Waals surface area contributed by atoms with E-state index in [2.05, 4.69) is 5.32 Å². The SMILES string of the molecule is Cc1ccc(N2C[C@@H](C(=O)OCC(=O)Nc3ccc(Cl)cc3Cl)CC2=O)cc1C. The average molecular weight is 435 g/mol. The molecule has 152 valence electrons. The molecule has 2 aromatic carbocycles. The molecule has 0 radical (unpaired) electrons. The fourth-order valence-electron chi connectivity index (χ4n) is 3.04. The summed E-state index contributed by atoms with van der Waals surface area (Å²) in [7, 11) is 0. The third-order valence-corrected chi connectivity index (χ3v) is 5.36. The summed E-state index contributed by atoms with van der Waals surface area (Å²) in [4.78, 5) is 38.3. The quantitative estimate of drug-likeness (QED) is 0.717. The first-order valence-corrected chi connectivity index (χ1v) is 9.79. The van der Waals surface area contributed by atoms with Crippen molar-refractivity contribution in [2.45, 2.75) is 20.3 Å². The Balaban J connectivity index is 1.55. The standard InChI is InChI=1S/C21H20Cl2N2O4/c1-12-3-5-16(7-13(12)2)25-10-14(8-20(25)27)21(28)29-11-19(26)24-18-6-4-15(22)9-17(18)23/h3-7,9,14H,8,10-11H2,1-2H3,(H,24,26)/t14-/m0/s1. The van der Waals surface area contributed by atoms with Crippen LogP contribution in [0.1, 0.15) is 17.5 Å². The fourth-order valence-corrected chi connectivity index (χ4v) is 3.50. The molecule has 1 aliphatic rings. The summed E-state index contributed by atoms with van der Waals surface area (Å²) in [5.41, 5.74) is 3.32. The van der Waals surface area contributed by atoms with Gasteiger partial charge in [-0.05, 0) is 55.3 Å². The highest BCUT2D eigenvalue weighted by molar-refractivity contribution is 6.36. The lowest BCUT2D eigenvalue weighted by Gasteiger charge is -2.17. The number of hydrogen-bond donors (Lipinski definition) is 1. The van der Waals surface area contributed by atoms with Crippen molar-refractivity contribution in [1.29, 1.82) is 0 Å². The number of carbonyl (C=O) groups is 3. The molecule has 2 aromatic rings. The van der Waals surface area contributed by atoms with E-state index in [0.717, 1.165) is 16.8 Å². The summed E-state index contributed by atoms with van der Waals surface area (Å²) in [6, 6.07) is 10.4. The highest BCUT2D eigenvalue weighted by Crippen LogP contribution is 2.28. The van der Waals surface area contributed by atoms with Crippen molar-refractivity contribution in [2.24, 2.45) is 5.92 Å². The van der Waals surface area contributed by atoms with E-state index in [1.165, 1.54) is 6.07 Å². The number of benzene rings is 2. The number of carbonyl (C=O) groups excluding carboxylic acids is 3. The number of hydrogen-bond acceptors (Lipinski definition) is 4. The first-order chi connectivity index (χ1) is 13.7. The van der Waals surface area contributed by atoms with Crippen LogP contribution in [0.5, 0.6) is 0 Å². The van der Waals surface area contributed by atoms with E-state index in [0.29, 0.717) is 10.7 Å². The molecule has 8 heteroatoms. The first-order valence-electron chi connectivity index (χ1n) is 9.03. The first kappa shape index (κ1) is 21.1. The van der Waals surface area contributed by atoms with Crippen molar-refractivity contribution in [2.75, 3.05) is 23.4 Å². The van der Waals surface area contributed by atoms with Crippen molar-refractivity contribution < 1.29 is 19.1 Å². The lowest BCUT2D eigenvalue weighted by molar-refractivity contribution is -0.151. The molecule has 1 N–H and O–H groups in total. The second kappa shape index (κ2) is 8.84. The van der Waals surface area contributed by atoms with Crippen LogP contribution in [0.25, 0.3) is 0 Å². The minimum Gasteiger partial charge on any atom is -0.455 e. The van der Waals surface area contributed by atoms with Crippen LogP contribution in [0.4, 0.5) is 11.4 Å². The Hall–Kier alpha value is -2.57. The van der Waals surface area contributed by atoms with Gasteiger partial charge in [-0.1, -0.05) is 29.3 Å². The van der Waals surface area contributed by atoms with E-state index in [1.54, 1.807) is 17.0 Å². The number of amides is 2. The molecule has 1 atom stereocenters. The molecule has 1 heterocycles. The molecule has 1 saturated heterocycles. The van der Waals surface area contributed by atoms with Crippen molar-refractivity contribution in [3.05, 3.63) is 57.6 Å². The van der Waals surface area contributed by atoms with E-state index >= 15 is 0 Å². The predicted molar refractivity (Wildman–Crippen MR) is 112 cm³/mol. The van der Waals surface area contributed by atoms with Crippen LogP contribution in [0.2, 0.25) is 10.0 Å². The summed E-state index contributed by atoms with van der Waals surface area (Å²) in [6.45, 7) is 3.72. The Labute approximate surface area is 178 Å². The van der Waals surface area contributed by atoms with Gasteiger partial charge in [0.2, 0.25) is 5.91 Å². The molecular weight excluding hydrogens is 415 g/mol. The Morgan fingerprint density at radius 1 is 1.14 bits per heavy atom. The molecule has 0 spiro atoms. The highest BCUT2D eigenvalue weighted by Gasteiger charge is 2.36. The maximum absolute atomic E-state index is 12.3. The number of nitrogens with zero attached hydrogens (tertiary/aromatic N) is 1. The van der Waals surface area contributed by atoms with Gasteiger partial charge in [0.25, 0.3) is 5.91 Å². The summed E-state index contributed by atoms with van der Waals surface area (Å²) < 4.78 is 5.10. The van der Waals surface area contributed by atoms with Gasteiger partial charge in [-0.2, -0.15) is 0 Å². The predicted octanol–water partition coefficient (Wildman–Crippen LogP) is 4.15. The Bertz CT molecular complexity index is 977. The van der Waals surface area contributed by atoms with E-state index < -0.39 is 24.4 Å². The second-order valence-electron chi connectivity index (χ2n) is 6.95. The topological polar surface area (TPSA) is 75.7 Å². The summed E-state index contributed by atoms with van der Waals surface area (Å²) in [5.74, 6) is -1.87. The van der Waals surface area contributed by atoms with Crippen LogP contribution >= 0.6 is 23.2 Å². The molecule has 3 rings (SSSR count). The van der Waals surface area contributed by atoms with Crippen LogP contribution < -0.4 is 10.2 Å².